The number of nitrogen functional groups attached to an aromatic ring is 1. The molecule has 1 unspecified atom stereocenters. The Morgan fingerprint density at radius 1 is 1.62 bits per heavy atom. The van der Waals surface area contributed by atoms with Crippen molar-refractivity contribution in [3.05, 3.63) is 23.3 Å². The van der Waals surface area contributed by atoms with E-state index < -0.39 is 24.4 Å². The molecule has 0 radical (unpaired) electrons. The number of carboxylic acid groups (broad SMARTS) is 1. The summed E-state index contributed by atoms with van der Waals surface area (Å²) in [4.78, 5) is 11.6. The number of anilines is 1. The molecule has 0 aliphatic carbocycles. The summed E-state index contributed by atoms with van der Waals surface area (Å²) >= 11 is 2.44. The first-order chi connectivity index (χ1) is 12.3. The third kappa shape index (κ3) is 4.02. The topological polar surface area (TPSA) is 128 Å². The van der Waals surface area contributed by atoms with E-state index in [4.69, 9.17) is 15.1 Å². The van der Waals surface area contributed by atoms with Crippen molar-refractivity contribution < 1.29 is 28.7 Å². The molecule has 0 bridgehead atoms. The van der Waals surface area contributed by atoms with Gasteiger partial charge in [-0.05, 0) is 25.0 Å². The lowest BCUT2D eigenvalue weighted by Crippen LogP contribution is -2.40. The number of carboxylic acids is 1. The van der Waals surface area contributed by atoms with Gasteiger partial charge in [0.15, 0.2) is 4.34 Å². The average Bonchev–Trinajstić information content (AvgIpc) is 2.97. The van der Waals surface area contributed by atoms with E-state index in [2.05, 4.69) is 10.2 Å². The van der Waals surface area contributed by atoms with Crippen LogP contribution in [0, 0.1) is 0 Å². The van der Waals surface area contributed by atoms with Crippen molar-refractivity contribution in [1.29, 1.82) is 0 Å². The van der Waals surface area contributed by atoms with Gasteiger partial charge >= 0.3 is 13.1 Å². The molecular weight excluding hydrogens is 384 g/mol. The van der Waals surface area contributed by atoms with Gasteiger partial charge in [-0.15, -0.1) is 10.2 Å². The summed E-state index contributed by atoms with van der Waals surface area (Å²) in [6.07, 6.45) is -0.903. The number of alkyl halides is 1. The van der Waals surface area contributed by atoms with Crippen molar-refractivity contribution in [1.82, 2.24) is 10.2 Å². The third-order valence-corrected chi connectivity index (χ3v) is 5.61. The second-order valence-corrected chi connectivity index (χ2v) is 8.09. The molecule has 26 heavy (non-hydrogen) atoms. The molecule has 0 fully saturated rings. The first kappa shape index (κ1) is 18.7. The molecular formula is C14H15BFN3O5S2. The summed E-state index contributed by atoms with van der Waals surface area (Å²) in [5.74, 6) is -1.25. The molecule has 138 valence electrons. The van der Waals surface area contributed by atoms with Crippen LogP contribution in [0.3, 0.4) is 0 Å². The van der Waals surface area contributed by atoms with Crippen LogP contribution in [0.4, 0.5) is 9.52 Å². The fraction of sp³-hybridized carbons (Fsp3) is 0.357. The highest BCUT2D eigenvalue weighted by molar-refractivity contribution is 8.02. The lowest BCUT2D eigenvalue weighted by molar-refractivity contribution is 0.0687. The van der Waals surface area contributed by atoms with Crippen LogP contribution in [-0.2, 0) is 6.42 Å². The molecule has 12 heteroatoms. The van der Waals surface area contributed by atoms with Crippen LogP contribution < -0.4 is 15.1 Å². The first-order valence-corrected chi connectivity index (χ1v) is 9.31. The molecule has 8 nitrogen and oxygen atoms in total. The smallest absolute Gasteiger partial charge is 0.534 e. The standard InChI is InChI=1S/C14H15BFN3O5S2/c1-6(16)5-23-8-3-2-7-4-9(25-14-19-18-13(17)26-14)15(22)24-11(7)10(8)12(20)21/h2-3,6,9,22H,4-5H2,1H3,(H2,17,18)(H,20,21)/t6?,9-/m0/s1. The summed E-state index contributed by atoms with van der Waals surface area (Å²) in [7, 11) is -1.26. The molecule has 0 saturated heterocycles. The summed E-state index contributed by atoms with van der Waals surface area (Å²) in [5.41, 5.74) is 5.92. The summed E-state index contributed by atoms with van der Waals surface area (Å²) in [6, 6.07) is 3.12. The molecule has 0 spiro atoms. The van der Waals surface area contributed by atoms with Crippen LogP contribution >= 0.6 is 23.1 Å². The van der Waals surface area contributed by atoms with E-state index in [0.717, 1.165) is 0 Å². The Morgan fingerprint density at radius 3 is 3.00 bits per heavy atom. The van der Waals surface area contributed by atoms with Crippen LogP contribution in [0.2, 0.25) is 0 Å². The second kappa shape index (κ2) is 7.68. The maximum atomic E-state index is 13.0. The van der Waals surface area contributed by atoms with Gasteiger partial charge in [0.25, 0.3) is 0 Å². The van der Waals surface area contributed by atoms with Gasteiger partial charge in [0.2, 0.25) is 5.13 Å². The van der Waals surface area contributed by atoms with Gasteiger partial charge < -0.3 is 25.3 Å². The van der Waals surface area contributed by atoms with Crippen LogP contribution in [-0.4, -0.2) is 51.3 Å². The van der Waals surface area contributed by atoms with Crippen molar-refractivity contribution in [2.45, 2.75) is 29.0 Å². The number of thioether (sulfide) groups is 1. The van der Waals surface area contributed by atoms with Crippen LogP contribution in [0.15, 0.2) is 16.5 Å². The number of hydrogen-bond donors (Lipinski definition) is 3. The minimum Gasteiger partial charge on any atom is -0.534 e. The van der Waals surface area contributed by atoms with Gasteiger partial charge in [0.05, 0.1) is 5.15 Å². The SMILES string of the molecule is CC(F)COc1ccc2c(c1C(=O)O)OB(O)[C@@H](Sc1nnc(N)s1)C2. The van der Waals surface area contributed by atoms with E-state index >= 15 is 0 Å². The molecule has 1 aliphatic heterocycles. The van der Waals surface area contributed by atoms with E-state index in [1.165, 1.54) is 36.1 Å². The minimum atomic E-state index is -1.28. The summed E-state index contributed by atoms with van der Waals surface area (Å²) < 4.78 is 24.3. The Kier molecular flexibility index (Phi) is 5.54. The van der Waals surface area contributed by atoms with Gasteiger partial charge in [-0.3, -0.25) is 0 Å². The number of aromatic carboxylic acids is 1. The minimum absolute atomic E-state index is 0.00375. The number of carbonyl (C=O) groups is 1. The number of aromatic nitrogens is 2. The normalized spacial score (nSPS) is 17.3. The highest BCUT2D eigenvalue weighted by Gasteiger charge is 2.39. The van der Waals surface area contributed by atoms with Crippen molar-refractivity contribution in [3.63, 3.8) is 0 Å². The molecule has 2 atom stereocenters. The fourth-order valence-electron chi connectivity index (χ4n) is 2.44. The van der Waals surface area contributed by atoms with Crippen molar-refractivity contribution in [3.8, 4) is 11.5 Å². The van der Waals surface area contributed by atoms with Crippen molar-refractivity contribution in [2.75, 3.05) is 12.3 Å². The zero-order chi connectivity index (χ0) is 18.8. The van der Waals surface area contributed by atoms with E-state index in [1.54, 1.807) is 6.07 Å². The number of halogens is 1. The predicted molar refractivity (Wildman–Crippen MR) is 95.7 cm³/mol. The highest BCUT2D eigenvalue weighted by Crippen LogP contribution is 2.40. The zero-order valence-electron chi connectivity index (χ0n) is 13.6. The lowest BCUT2D eigenvalue weighted by Gasteiger charge is -2.28. The Hall–Kier alpha value is -2.05. The maximum absolute atomic E-state index is 13.0. The van der Waals surface area contributed by atoms with Gasteiger partial charge in [-0.2, -0.15) is 0 Å². The van der Waals surface area contributed by atoms with E-state index in [-0.39, 0.29) is 23.7 Å². The maximum Gasteiger partial charge on any atom is 0.537 e. The number of nitrogens with zero attached hydrogens (tertiary/aromatic N) is 2. The molecule has 1 aromatic carbocycles. The monoisotopic (exact) mass is 399 g/mol. The number of ether oxygens (including phenoxy) is 1. The molecule has 2 heterocycles. The van der Waals surface area contributed by atoms with E-state index in [9.17, 15) is 19.3 Å². The van der Waals surface area contributed by atoms with E-state index in [0.29, 0.717) is 21.5 Å². The van der Waals surface area contributed by atoms with Crippen LogP contribution in [0.25, 0.3) is 0 Å². The third-order valence-electron chi connectivity index (χ3n) is 3.54. The summed E-state index contributed by atoms with van der Waals surface area (Å²) in [5, 5.41) is 27.3. The van der Waals surface area contributed by atoms with E-state index in [1.807, 2.05) is 0 Å². The van der Waals surface area contributed by atoms with Gasteiger partial charge in [-0.25, -0.2) is 9.18 Å². The van der Waals surface area contributed by atoms with Crippen LogP contribution in [0.1, 0.15) is 22.8 Å². The quantitative estimate of drug-likeness (QED) is 0.622. The Bertz CT molecular complexity index is 822. The average molecular weight is 399 g/mol. The van der Waals surface area contributed by atoms with Gasteiger partial charge in [0, 0.05) is 0 Å². The molecule has 0 saturated carbocycles. The molecule has 1 aromatic heterocycles. The Balaban J connectivity index is 1.86. The first-order valence-electron chi connectivity index (χ1n) is 7.61. The molecule has 1 aliphatic rings. The Labute approximate surface area is 156 Å². The van der Waals surface area contributed by atoms with Gasteiger partial charge in [-0.1, -0.05) is 29.2 Å². The fourth-order valence-corrected chi connectivity index (χ4v) is 4.39. The number of benzene rings is 1. The second-order valence-electron chi connectivity index (χ2n) is 5.60. The Morgan fingerprint density at radius 2 is 2.38 bits per heavy atom. The zero-order valence-corrected chi connectivity index (χ0v) is 15.2. The lowest BCUT2D eigenvalue weighted by atomic mass is 9.77. The molecule has 3 rings (SSSR count). The number of fused-ring (bicyclic) bond motifs is 1. The molecule has 2 aromatic rings. The largest absolute Gasteiger partial charge is 0.537 e. The van der Waals surface area contributed by atoms with Gasteiger partial charge in [0.1, 0.15) is 29.8 Å². The number of nitrogens with two attached hydrogens (primary N) is 1. The predicted octanol–water partition coefficient (Wildman–Crippen LogP) is 1.67. The molecule has 4 N–H and O–H groups in total. The number of hydrogen-bond acceptors (Lipinski definition) is 9. The van der Waals surface area contributed by atoms with Crippen LogP contribution in [0.5, 0.6) is 11.5 Å². The number of rotatable bonds is 6. The molecule has 0 amide bonds. The van der Waals surface area contributed by atoms with Crippen molar-refractivity contribution in [2.24, 2.45) is 0 Å². The summed E-state index contributed by atoms with van der Waals surface area (Å²) in [6.45, 7) is 1.03. The van der Waals surface area contributed by atoms with Crippen molar-refractivity contribution >= 4 is 41.3 Å². The highest BCUT2D eigenvalue weighted by atomic mass is 32.2.